The minimum atomic E-state index is -4.49. The molecule has 46 heavy (non-hydrogen) atoms. The molecule has 1 heterocycles. The summed E-state index contributed by atoms with van der Waals surface area (Å²) in [5, 5.41) is 14.6. The number of nitrogens with one attached hydrogen (secondary N) is 2. The van der Waals surface area contributed by atoms with Crippen molar-refractivity contribution < 1.29 is 31.5 Å². The number of carbonyl (C=O) groups excluding carboxylic acids is 2. The molecule has 0 spiro atoms. The van der Waals surface area contributed by atoms with Crippen LogP contribution < -0.4 is 10.0 Å². The van der Waals surface area contributed by atoms with E-state index >= 15 is 4.79 Å². The number of sulfonamides is 2. The Labute approximate surface area is 269 Å². The smallest absolute Gasteiger partial charge is 0.286 e. The Hall–Kier alpha value is -4.49. The van der Waals surface area contributed by atoms with Gasteiger partial charge in [-0.3, -0.25) is 14.3 Å². The molecule has 242 valence electrons. The summed E-state index contributed by atoms with van der Waals surface area (Å²) in [7, 11) is -8.19. The lowest BCUT2D eigenvalue weighted by atomic mass is 9.68. The minimum absolute atomic E-state index is 0.00853. The van der Waals surface area contributed by atoms with E-state index in [2.05, 4.69) is 14.4 Å². The highest BCUT2D eigenvalue weighted by atomic mass is 32.2. The fourth-order valence-corrected chi connectivity index (χ4v) is 7.58. The van der Waals surface area contributed by atoms with Gasteiger partial charge in [-0.15, -0.1) is 4.40 Å². The molecule has 3 aromatic carbocycles. The van der Waals surface area contributed by atoms with Gasteiger partial charge in [-0.1, -0.05) is 75.4 Å². The van der Waals surface area contributed by atoms with Crippen molar-refractivity contribution in [2.45, 2.75) is 57.5 Å². The van der Waals surface area contributed by atoms with Crippen molar-refractivity contribution in [1.29, 1.82) is 0 Å². The Morgan fingerprint density at radius 3 is 2.33 bits per heavy atom. The number of hydrogen-bond donors (Lipinski definition) is 3. The van der Waals surface area contributed by atoms with Crippen LogP contribution in [0.25, 0.3) is 5.76 Å². The van der Waals surface area contributed by atoms with Gasteiger partial charge in [-0.2, -0.15) is 8.42 Å². The van der Waals surface area contributed by atoms with Crippen LogP contribution in [0, 0.1) is 5.41 Å². The van der Waals surface area contributed by atoms with Crippen molar-refractivity contribution in [3.05, 3.63) is 95.1 Å². The second kappa shape index (κ2) is 11.7. The predicted molar refractivity (Wildman–Crippen MR) is 177 cm³/mol. The molecule has 1 amide bonds. The van der Waals surface area contributed by atoms with Gasteiger partial charge in [0.15, 0.2) is 5.84 Å². The van der Waals surface area contributed by atoms with Gasteiger partial charge in [-0.05, 0) is 47.6 Å². The summed E-state index contributed by atoms with van der Waals surface area (Å²) in [4.78, 5) is 29.9. The zero-order valence-corrected chi connectivity index (χ0v) is 27.8. The maximum Gasteiger partial charge on any atom is 0.286 e. The first-order chi connectivity index (χ1) is 21.4. The lowest BCUT2D eigenvalue weighted by molar-refractivity contribution is -0.146. The normalized spacial score (nSPS) is 19.0. The van der Waals surface area contributed by atoms with Gasteiger partial charge in [0.1, 0.15) is 21.8 Å². The maximum absolute atomic E-state index is 15.1. The number of nitrogens with zero attached hydrogens (tertiary/aromatic N) is 2. The van der Waals surface area contributed by atoms with Crippen LogP contribution in [0.2, 0.25) is 0 Å². The Morgan fingerprint density at radius 1 is 1.04 bits per heavy atom. The number of aliphatic hydroxyl groups is 1. The SMILES string of the molecule is CC(=O)N(Cc1ccccc1)C1(CCC(C)(C)C)C(=O)C(C2=NS(=O)(=O)c3cc(NS(C)(=O)=O)ccc3N2)=C(O)c2ccccc21. The number of hydrogen-bond acceptors (Lipinski definition) is 8. The van der Waals surface area contributed by atoms with Crippen molar-refractivity contribution in [1.82, 2.24) is 4.90 Å². The fraction of sp³-hybridized carbons (Fsp3) is 0.303. The summed E-state index contributed by atoms with van der Waals surface area (Å²) in [6.45, 7) is 7.52. The summed E-state index contributed by atoms with van der Waals surface area (Å²) in [6.07, 6.45) is 1.61. The Balaban J connectivity index is 1.73. The summed E-state index contributed by atoms with van der Waals surface area (Å²) in [6, 6.07) is 19.8. The molecule has 0 saturated carbocycles. The maximum atomic E-state index is 15.1. The van der Waals surface area contributed by atoms with Crippen molar-refractivity contribution in [2.75, 3.05) is 16.3 Å². The zero-order valence-electron chi connectivity index (χ0n) is 26.2. The molecule has 0 radical (unpaired) electrons. The third-order valence-electron chi connectivity index (χ3n) is 7.99. The molecule has 0 aromatic heterocycles. The first-order valence-corrected chi connectivity index (χ1v) is 17.9. The highest BCUT2D eigenvalue weighted by Crippen LogP contribution is 2.48. The summed E-state index contributed by atoms with van der Waals surface area (Å²) < 4.78 is 56.7. The molecule has 2 aliphatic rings. The summed E-state index contributed by atoms with van der Waals surface area (Å²) in [5.41, 5.74) is -0.760. The first kappa shape index (κ1) is 32.9. The largest absolute Gasteiger partial charge is 0.506 e. The fourth-order valence-electron chi connectivity index (χ4n) is 5.87. The number of anilines is 2. The number of benzene rings is 3. The number of amides is 1. The van der Waals surface area contributed by atoms with Gasteiger partial charge in [-0.25, -0.2) is 8.42 Å². The number of amidine groups is 1. The van der Waals surface area contributed by atoms with E-state index in [0.29, 0.717) is 12.0 Å². The van der Waals surface area contributed by atoms with Crippen molar-refractivity contribution in [3.8, 4) is 0 Å². The highest BCUT2D eigenvalue weighted by molar-refractivity contribution is 7.92. The lowest BCUT2D eigenvalue weighted by Crippen LogP contribution is -2.57. The molecule has 1 unspecified atom stereocenters. The standard InChI is InChI=1S/C33H36N4O7S2/c1-21(38)37(20-22-11-7-6-8-12-22)33(18-17-32(2,3)4)25-14-10-9-13-24(25)29(39)28(30(33)40)31-34-26-16-15-23(35-45(5,41)42)19-27(26)46(43,44)36-31/h6-16,19,35,39H,17-18,20H2,1-5H3,(H,34,36). The van der Waals surface area contributed by atoms with E-state index in [4.69, 9.17) is 0 Å². The Bertz CT molecular complexity index is 2020. The summed E-state index contributed by atoms with van der Waals surface area (Å²) in [5.74, 6) is -1.95. The van der Waals surface area contributed by atoms with Gasteiger partial charge in [0, 0.05) is 24.7 Å². The van der Waals surface area contributed by atoms with Crippen LogP contribution in [0.4, 0.5) is 11.4 Å². The number of carbonyl (C=O) groups is 2. The quantitative estimate of drug-likeness (QED) is 0.296. The molecule has 13 heteroatoms. The van der Waals surface area contributed by atoms with Gasteiger partial charge in [0.05, 0.1) is 11.9 Å². The number of rotatable bonds is 8. The van der Waals surface area contributed by atoms with Crippen molar-refractivity contribution in [2.24, 2.45) is 9.81 Å². The average Bonchev–Trinajstić information content (AvgIpc) is 2.96. The monoisotopic (exact) mass is 664 g/mol. The molecular weight excluding hydrogens is 629 g/mol. The lowest BCUT2D eigenvalue weighted by Gasteiger charge is -2.47. The second-order valence-electron chi connectivity index (χ2n) is 12.7. The minimum Gasteiger partial charge on any atom is -0.506 e. The molecule has 0 saturated heterocycles. The van der Waals surface area contributed by atoms with Crippen LogP contribution in [0.15, 0.2) is 87.7 Å². The second-order valence-corrected chi connectivity index (χ2v) is 16.1. The number of Topliss-reactive ketones (excluding diaryl/α,β-unsaturated/α-hetero) is 1. The van der Waals surface area contributed by atoms with Crippen LogP contribution in [-0.2, 0) is 41.7 Å². The Kier molecular flexibility index (Phi) is 8.37. The van der Waals surface area contributed by atoms with E-state index < -0.39 is 43.0 Å². The number of ketones is 1. The number of aliphatic hydroxyl groups excluding tert-OH is 1. The van der Waals surface area contributed by atoms with Crippen LogP contribution in [0.5, 0.6) is 0 Å². The van der Waals surface area contributed by atoms with E-state index in [1.807, 2.05) is 51.1 Å². The molecule has 3 N–H and O–H groups in total. The third kappa shape index (κ3) is 6.29. The molecule has 5 rings (SSSR count). The molecule has 1 atom stereocenters. The molecule has 3 aromatic rings. The molecular formula is C33H36N4O7S2. The topological polar surface area (TPSA) is 162 Å². The van der Waals surface area contributed by atoms with Gasteiger partial charge >= 0.3 is 0 Å². The van der Waals surface area contributed by atoms with Gasteiger partial charge in [0.25, 0.3) is 10.0 Å². The summed E-state index contributed by atoms with van der Waals surface area (Å²) >= 11 is 0. The average molecular weight is 665 g/mol. The third-order valence-corrected chi connectivity index (χ3v) is 9.92. The van der Waals surface area contributed by atoms with Crippen molar-refractivity contribution >= 4 is 54.7 Å². The molecule has 1 aliphatic carbocycles. The first-order valence-electron chi connectivity index (χ1n) is 14.6. The van der Waals surface area contributed by atoms with E-state index in [9.17, 15) is 26.7 Å². The van der Waals surface area contributed by atoms with Crippen LogP contribution >= 0.6 is 0 Å². The predicted octanol–water partition coefficient (Wildman–Crippen LogP) is 5.19. The van der Waals surface area contributed by atoms with Gasteiger partial charge < -0.3 is 15.3 Å². The molecule has 11 nitrogen and oxygen atoms in total. The highest BCUT2D eigenvalue weighted by Gasteiger charge is 2.54. The molecule has 0 bridgehead atoms. The van der Waals surface area contributed by atoms with Gasteiger partial charge in [0.2, 0.25) is 21.7 Å². The Morgan fingerprint density at radius 2 is 1.70 bits per heavy atom. The molecule has 0 fully saturated rings. The van der Waals surface area contributed by atoms with Crippen LogP contribution in [-0.4, -0.2) is 50.6 Å². The van der Waals surface area contributed by atoms with E-state index in [0.717, 1.165) is 17.9 Å². The van der Waals surface area contributed by atoms with Crippen LogP contribution in [0.1, 0.15) is 57.2 Å². The van der Waals surface area contributed by atoms with E-state index in [-0.39, 0.29) is 51.7 Å². The molecule has 1 aliphatic heterocycles. The number of fused-ring (bicyclic) bond motifs is 2. The van der Waals surface area contributed by atoms with Crippen LogP contribution in [0.3, 0.4) is 0 Å². The zero-order chi connectivity index (χ0) is 33.7. The van der Waals surface area contributed by atoms with E-state index in [1.54, 1.807) is 24.3 Å². The van der Waals surface area contributed by atoms with Crippen molar-refractivity contribution in [3.63, 3.8) is 0 Å². The van der Waals surface area contributed by atoms with E-state index in [1.165, 1.54) is 24.0 Å².